The van der Waals surface area contributed by atoms with Gasteiger partial charge in [-0.1, -0.05) is 18.2 Å². The maximum atomic E-state index is 5.94. The van der Waals surface area contributed by atoms with Crippen LogP contribution in [0.2, 0.25) is 0 Å². The predicted molar refractivity (Wildman–Crippen MR) is 67.3 cm³/mol. The Hall–Kier alpha value is -1.02. The Morgan fingerprint density at radius 1 is 1.20 bits per heavy atom. The van der Waals surface area contributed by atoms with Crippen LogP contribution in [0, 0.1) is 13.8 Å². The van der Waals surface area contributed by atoms with E-state index in [1.807, 2.05) is 0 Å². The van der Waals surface area contributed by atoms with Gasteiger partial charge < -0.3 is 11.1 Å². The molecule has 84 valence electrons. The van der Waals surface area contributed by atoms with E-state index in [-0.39, 0.29) is 5.54 Å². The number of anilines is 1. The third-order valence-corrected chi connectivity index (χ3v) is 2.55. The first-order valence-electron chi connectivity index (χ1n) is 5.49. The molecule has 0 saturated carbocycles. The average Bonchev–Trinajstić information content (AvgIpc) is 2.08. The van der Waals surface area contributed by atoms with Crippen LogP contribution < -0.4 is 11.1 Å². The Kier molecular flexibility index (Phi) is 3.75. The van der Waals surface area contributed by atoms with Crippen molar-refractivity contribution in [2.24, 2.45) is 5.73 Å². The fraction of sp³-hybridized carbons (Fsp3) is 0.538. The SMILES string of the molecule is Cc1cccc(C)c1NCCC(C)(C)N. The third kappa shape index (κ3) is 3.92. The lowest BCUT2D eigenvalue weighted by atomic mass is 10.0. The van der Waals surface area contributed by atoms with E-state index in [0.717, 1.165) is 13.0 Å². The van der Waals surface area contributed by atoms with Gasteiger partial charge in [0.05, 0.1) is 0 Å². The Bertz CT molecular complexity index is 304. The molecule has 0 heterocycles. The number of benzene rings is 1. The Morgan fingerprint density at radius 3 is 2.20 bits per heavy atom. The molecule has 3 N–H and O–H groups in total. The molecule has 2 heteroatoms. The van der Waals surface area contributed by atoms with E-state index < -0.39 is 0 Å². The van der Waals surface area contributed by atoms with E-state index in [0.29, 0.717) is 0 Å². The summed E-state index contributed by atoms with van der Waals surface area (Å²) in [5.74, 6) is 0. The van der Waals surface area contributed by atoms with Crippen LogP contribution in [0.3, 0.4) is 0 Å². The maximum absolute atomic E-state index is 5.94. The maximum Gasteiger partial charge on any atom is 0.0399 e. The van der Waals surface area contributed by atoms with E-state index in [9.17, 15) is 0 Å². The Labute approximate surface area is 92.9 Å². The zero-order valence-electron chi connectivity index (χ0n) is 10.2. The molecule has 0 bridgehead atoms. The summed E-state index contributed by atoms with van der Waals surface area (Å²) < 4.78 is 0. The molecule has 0 aromatic heterocycles. The second kappa shape index (κ2) is 4.67. The van der Waals surface area contributed by atoms with Gasteiger partial charge in [-0.05, 0) is 45.2 Å². The minimum Gasteiger partial charge on any atom is -0.385 e. The van der Waals surface area contributed by atoms with Gasteiger partial charge in [0.2, 0.25) is 0 Å². The Morgan fingerprint density at radius 2 is 1.73 bits per heavy atom. The smallest absolute Gasteiger partial charge is 0.0399 e. The van der Waals surface area contributed by atoms with Crippen molar-refractivity contribution >= 4 is 5.69 Å². The van der Waals surface area contributed by atoms with Gasteiger partial charge >= 0.3 is 0 Å². The van der Waals surface area contributed by atoms with Gasteiger partial charge in [0, 0.05) is 17.8 Å². The summed E-state index contributed by atoms with van der Waals surface area (Å²) >= 11 is 0. The van der Waals surface area contributed by atoms with Crippen molar-refractivity contribution in [1.29, 1.82) is 0 Å². The van der Waals surface area contributed by atoms with Gasteiger partial charge in [0.1, 0.15) is 0 Å². The van der Waals surface area contributed by atoms with Gasteiger partial charge in [-0.2, -0.15) is 0 Å². The van der Waals surface area contributed by atoms with Crippen LogP contribution in [0.1, 0.15) is 31.4 Å². The molecule has 1 aromatic carbocycles. The highest BCUT2D eigenvalue weighted by atomic mass is 14.9. The molecular formula is C13H22N2. The van der Waals surface area contributed by atoms with Crippen molar-refractivity contribution in [3.05, 3.63) is 29.3 Å². The molecule has 1 rings (SSSR count). The zero-order valence-corrected chi connectivity index (χ0v) is 10.2. The molecule has 1 aromatic rings. The van der Waals surface area contributed by atoms with Crippen LogP contribution >= 0.6 is 0 Å². The number of nitrogens with two attached hydrogens (primary N) is 1. The van der Waals surface area contributed by atoms with Crippen molar-refractivity contribution in [3.8, 4) is 0 Å². The number of para-hydroxylation sites is 1. The van der Waals surface area contributed by atoms with Gasteiger partial charge in [-0.25, -0.2) is 0 Å². The fourth-order valence-electron chi connectivity index (χ4n) is 1.60. The largest absolute Gasteiger partial charge is 0.385 e. The van der Waals surface area contributed by atoms with E-state index in [1.54, 1.807) is 0 Å². The number of rotatable bonds is 4. The topological polar surface area (TPSA) is 38.0 Å². The lowest BCUT2D eigenvalue weighted by Gasteiger charge is -2.20. The first kappa shape index (κ1) is 12.1. The highest BCUT2D eigenvalue weighted by Crippen LogP contribution is 2.19. The van der Waals surface area contributed by atoms with Crippen molar-refractivity contribution in [2.45, 2.75) is 39.7 Å². The van der Waals surface area contributed by atoms with Crippen molar-refractivity contribution in [1.82, 2.24) is 0 Å². The lowest BCUT2D eigenvalue weighted by molar-refractivity contribution is 0.490. The van der Waals surface area contributed by atoms with E-state index in [2.05, 4.69) is 51.2 Å². The molecule has 0 amide bonds. The van der Waals surface area contributed by atoms with Gasteiger partial charge in [-0.3, -0.25) is 0 Å². The molecular weight excluding hydrogens is 184 g/mol. The monoisotopic (exact) mass is 206 g/mol. The quantitative estimate of drug-likeness (QED) is 0.795. The number of nitrogens with one attached hydrogen (secondary N) is 1. The zero-order chi connectivity index (χ0) is 11.5. The first-order chi connectivity index (χ1) is 6.90. The molecule has 0 spiro atoms. The average molecular weight is 206 g/mol. The van der Waals surface area contributed by atoms with Crippen molar-refractivity contribution in [2.75, 3.05) is 11.9 Å². The minimum absolute atomic E-state index is 0.0937. The molecule has 0 saturated heterocycles. The summed E-state index contributed by atoms with van der Waals surface area (Å²) in [6, 6.07) is 6.34. The number of hydrogen-bond acceptors (Lipinski definition) is 2. The molecule has 2 nitrogen and oxygen atoms in total. The number of aryl methyl sites for hydroxylation is 2. The lowest BCUT2D eigenvalue weighted by Crippen LogP contribution is -2.34. The van der Waals surface area contributed by atoms with E-state index in [1.165, 1.54) is 16.8 Å². The molecule has 0 aliphatic heterocycles. The molecule has 0 aliphatic carbocycles. The summed E-state index contributed by atoms with van der Waals surface area (Å²) in [5.41, 5.74) is 9.69. The molecule has 0 atom stereocenters. The third-order valence-electron chi connectivity index (χ3n) is 2.55. The van der Waals surface area contributed by atoms with Gasteiger partial charge in [-0.15, -0.1) is 0 Å². The van der Waals surface area contributed by atoms with Crippen LogP contribution in [-0.2, 0) is 0 Å². The highest BCUT2D eigenvalue weighted by molar-refractivity contribution is 5.56. The van der Waals surface area contributed by atoms with Crippen LogP contribution in [0.15, 0.2) is 18.2 Å². The normalized spacial score (nSPS) is 11.5. The van der Waals surface area contributed by atoms with Crippen LogP contribution in [0.4, 0.5) is 5.69 Å². The molecule has 0 aliphatic rings. The van der Waals surface area contributed by atoms with Crippen LogP contribution in [0.25, 0.3) is 0 Å². The van der Waals surface area contributed by atoms with E-state index >= 15 is 0 Å². The summed E-state index contributed by atoms with van der Waals surface area (Å²) in [7, 11) is 0. The van der Waals surface area contributed by atoms with E-state index in [4.69, 9.17) is 5.73 Å². The first-order valence-corrected chi connectivity index (χ1v) is 5.49. The number of hydrogen-bond donors (Lipinski definition) is 2. The second-order valence-electron chi connectivity index (χ2n) is 4.93. The van der Waals surface area contributed by atoms with Crippen molar-refractivity contribution < 1.29 is 0 Å². The van der Waals surface area contributed by atoms with Crippen LogP contribution in [-0.4, -0.2) is 12.1 Å². The standard InChI is InChI=1S/C13H22N2/c1-10-6-5-7-11(2)12(10)15-9-8-13(3,4)14/h5-7,15H,8-9,14H2,1-4H3. The molecule has 0 radical (unpaired) electrons. The minimum atomic E-state index is -0.0937. The summed E-state index contributed by atoms with van der Waals surface area (Å²) in [5, 5.41) is 3.46. The molecule has 0 unspecified atom stereocenters. The van der Waals surface area contributed by atoms with Gasteiger partial charge in [0.15, 0.2) is 0 Å². The van der Waals surface area contributed by atoms with Crippen LogP contribution in [0.5, 0.6) is 0 Å². The van der Waals surface area contributed by atoms with Gasteiger partial charge in [0.25, 0.3) is 0 Å². The highest BCUT2D eigenvalue weighted by Gasteiger charge is 2.10. The molecule has 0 fully saturated rings. The predicted octanol–water partition coefficient (Wildman–Crippen LogP) is 2.84. The summed E-state index contributed by atoms with van der Waals surface area (Å²) in [6.07, 6.45) is 0.973. The molecule has 15 heavy (non-hydrogen) atoms. The van der Waals surface area contributed by atoms with Crippen molar-refractivity contribution in [3.63, 3.8) is 0 Å². The summed E-state index contributed by atoms with van der Waals surface area (Å²) in [4.78, 5) is 0. The summed E-state index contributed by atoms with van der Waals surface area (Å²) in [6.45, 7) is 9.29. The fourth-order valence-corrected chi connectivity index (χ4v) is 1.60. The second-order valence-corrected chi connectivity index (χ2v) is 4.93. The Balaban J connectivity index is 2.58.